The average molecular weight is 399 g/mol. The summed E-state index contributed by atoms with van der Waals surface area (Å²) in [6.45, 7) is 0.760. The van der Waals surface area contributed by atoms with Crippen LogP contribution in [-0.2, 0) is 14.4 Å². The van der Waals surface area contributed by atoms with Crippen LogP contribution >= 0.6 is 0 Å². The third-order valence-electron chi connectivity index (χ3n) is 6.43. The number of benzene rings is 1. The van der Waals surface area contributed by atoms with E-state index in [4.69, 9.17) is 0 Å². The first-order chi connectivity index (χ1) is 13.9. The molecule has 8 nitrogen and oxygen atoms in total. The Morgan fingerprint density at radius 1 is 1.10 bits per heavy atom. The first-order valence-corrected chi connectivity index (χ1v) is 10.1. The van der Waals surface area contributed by atoms with Gasteiger partial charge in [0.15, 0.2) is 0 Å². The van der Waals surface area contributed by atoms with Gasteiger partial charge >= 0.3 is 5.97 Å². The topological polar surface area (TPSA) is 107 Å². The van der Waals surface area contributed by atoms with Gasteiger partial charge in [-0.15, -0.1) is 0 Å². The molecular weight excluding hydrogens is 374 g/mol. The Kier molecular flexibility index (Phi) is 5.02. The van der Waals surface area contributed by atoms with Gasteiger partial charge in [0.05, 0.1) is 24.2 Å². The zero-order chi connectivity index (χ0) is 20.6. The zero-order valence-corrected chi connectivity index (χ0v) is 16.2. The van der Waals surface area contributed by atoms with Gasteiger partial charge in [-0.25, -0.2) is 0 Å². The number of aliphatic carboxylic acids is 1. The van der Waals surface area contributed by atoms with Crippen molar-refractivity contribution in [2.75, 3.05) is 25.0 Å². The fraction of sp³-hybridized carbons (Fsp3) is 0.524. The van der Waals surface area contributed by atoms with Crippen LogP contribution in [0.25, 0.3) is 0 Å². The summed E-state index contributed by atoms with van der Waals surface area (Å²) in [5, 5.41) is 12.1. The Balaban J connectivity index is 1.49. The third kappa shape index (κ3) is 3.71. The molecule has 1 aliphatic carbocycles. The fourth-order valence-electron chi connectivity index (χ4n) is 4.92. The molecule has 3 aliphatic rings. The number of rotatable bonds is 4. The van der Waals surface area contributed by atoms with Crippen molar-refractivity contribution < 1.29 is 24.3 Å². The number of carbonyl (C=O) groups excluding carboxylic acids is 3. The number of carbonyl (C=O) groups is 4. The molecule has 2 fully saturated rings. The van der Waals surface area contributed by atoms with Gasteiger partial charge in [0.2, 0.25) is 11.8 Å². The number of amides is 3. The Bertz CT molecular complexity index is 862. The minimum absolute atomic E-state index is 0.00356. The number of hydrogen-bond acceptors (Lipinski definition) is 4. The Labute approximate surface area is 168 Å². The number of nitrogens with zero attached hydrogens (tertiary/aromatic N) is 2. The van der Waals surface area contributed by atoms with Crippen LogP contribution in [-0.4, -0.2) is 64.3 Å². The van der Waals surface area contributed by atoms with Gasteiger partial charge in [0, 0.05) is 19.5 Å². The van der Waals surface area contributed by atoms with Crippen LogP contribution < -0.4 is 5.32 Å². The maximum absolute atomic E-state index is 13.0. The van der Waals surface area contributed by atoms with Gasteiger partial charge in [0.1, 0.15) is 6.04 Å². The third-order valence-corrected chi connectivity index (χ3v) is 6.43. The minimum Gasteiger partial charge on any atom is -0.481 e. The summed E-state index contributed by atoms with van der Waals surface area (Å²) in [5.41, 5.74) is 0.452. The van der Waals surface area contributed by atoms with Gasteiger partial charge in [-0.1, -0.05) is 25.0 Å². The normalized spacial score (nSPS) is 23.1. The van der Waals surface area contributed by atoms with Crippen LogP contribution in [0.5, 0.6) is 0 Å². The highest BCUT2D eigenvalue weighted by molar-refractivity contribution is 6.10. The van der Waals surface area contributed by atoms with Crippen LogP contribution in [0.3, 0.4) is 0 Å². The highest BCUT2D eigenvalue weighted by atomic mass is 16.4. The summed E-state index contributed by atoms with van der Waals surface area (Å²) in [4.78, 5) is 53.1. The first-order valence-electron chi connectivity index (χ1n) is 10.1. The maximum atomic E-state index is 13.0. The molecule has 2 aliphatic heterocycles. The molecule has 0 bridgehead atoms. The Hall–Kier alpha value is -2.90. The zero-order valence-electron chi connectivity index (χ0n) is 16.2. The van der Waals surface area contributed by atoms with E-state index in [0.717, 1.165) is 25.7 Å². The Morgan fingerprint density at radius 2 is 1.83 bits per heavy atom. The number of anilines is 1. The summed E-state index contributed by atoms with van der Waals surface area (Å²) < 4.78 is 0. The molecule has 0 radical (unpaired) electrons. The first kappa shape index (κ1) is 19.4. The predicted octanol–water partition coefficient (Wildman–Crippen LogP) is 1.72. The molecule has 0 aromatic heterocycles. The van der Waals surface area contributed by atoms with Crippen LogP contribution in [0.2, 0.25) is 0 Å². The average Bonchev–Trinajstić information content (AvgIpc) is 3.10. The van der Waals surface area contributed by atoms with E-state index in [-0.39, 0.29) is 43.7 Å². The van der Waals surface area contributed by atoms with Gasteiger partial charge in [0.25, 0.3) is 5.91 Å². The molecule has 154 valence electrons. The van der Waals surface area contributed by atoms with E-state index in [2.05, 4.69) is 5.32 Å². The summed E-state index contributed by atoms with van der Waals surface area (Å²) in [6, 6.07) is 6.16. The summed E-state index contributed by atoms with van der Waals surface area (Å²) in [7, 11) is 0. The monoisotopic (exact) mass is 399 g/mol. The van der Waals surface area contributed by atoms with E-state index in [1.54, 1.807) is 29.2 Å². The molecule has 8 heteroatoms. The minimum atomic E-state index is -0.879. The number of fused-ring (bicyclic) bond motifs is 2. The van der Waals surface area contributed by atoms with Crippen LogP contribution in [0.15, 0.2) is 24.3 Å². The van der Waals surface area contributed by atoms with E-state index in [1.807, 2.05) is 0 Å². The molecule has 29 heavy (non-hydrogen) atoms. The molecule has 1 aromatic carbocycles. The highest BCUT2D eigenvalue weighted by Crippen LogP contribution is 2.44. The fourth-order valence-corrected chi connectivity index (χ4v) is 4.92. The van der Waals surface area contributed by atoms with E-state index < -0.39 is 17.4 Å². The summed E-state index contributed by atoms with van der Waals surface area (Å²) >= 11 is 0. The predicted molar refractivity (Wildman–Crippen MR) is 104 cm³/mol. The van der Waals surface area contributed by atoms with Crippen molar-refractivity contribution in [3.8, 4) is 0 Å². The molecular formula is C21H25N3O5. The van der Waals surface area contributed by atoms with Gasteiger partial charge in [-0.2, -0.15) is 0 Å². The van der Waals surface area contributed by atoms with Crippen LogP contribution in [0.4, 0.5) is 5.69 Å². The van der Waals surface area contributed by atoms with Crippen LogP contribution in [0.1, 0.15) is 48.9 Å². The molecule has 2 N–H and O–H groups in total. The largest absolute Gasteiger partial charge is 0.481 e. The van der Waals surface area contributed by atoms with E-state index in [9.17, 15) is 24.3 Å². The molecule has 1 saturated carbocycles. The highest BCUT2D eigenvalue weighted by Gasteiger charge is 2.43. The molecule has 1 aromatic rings. The number of piperazine rings is 1. The molecule has 1 saturated heterocycles. The lowest BCUT2D eigenvalue weighted by atomic mass is 9.79. The second kappa shape index (κ2) is 7.50. The number of para-hydroxylation sites is 1. The van der Waals surface area contributed by atoms with Crippen molar-refractivity contribution in [3.05, 3.63) is 29.8 Å². The second-order valence-electron chi connectivity index (χ2n) is 8.34. The lowest BCUT2D eigenvalue weighted by molar-refractivity contribution is -0.142. The number of carboxylic acids is 1. The Morgan fingerprint density at radius 3 is 2.55 bits per heavy atom. The number of nitrogens with one attached hydrogen (secondary N) is 1. The molecule has 1 unspecified atom stereocenters. The van der Waals surface area contributed by atoms with Crippen molar-refractivity contribution >= 4 is 29.4 Å². The summed E-state index contributed by atoms with van der Waals surface area (Å²) in [5.74, 6) is -1.53. The van der Waals surface area contributed by atoms with Crippen molar-refractivity contribution in [2.45, 2.75) is 44.6 Å². The van der Waals surface area contributed by atoms with Crippen molar-refractivity contribution in [1.82, 2.24) is 9.80 Å². The van der Waals surface area contributed by atoms with Gasteiger partial charge in [-0.05, 0) is 30.4 Å². The van der Waals surface area contributed by atoms with Crippen LogP contribution in [0, 0.1) is 5.41 Å². The molecule has 2 heterocycles. The molecule has 3 amide bonds. The SMILES string of the molecule is O=C(O)CC1(CC(=O)N2CCN3C(=O)c4ccccc4NC(=O)C3C2)CCCC1. The second-order valence-corrected chi connectivity index (χ2v) is 8.34. The lowest BCUT2D eigenvalue weighted by Gasteiger charge is -2.40. The van der Waals surface area contributed by atoms with Gasteiger partial charge < -0.3 is 20.2 Å². The van der Waals surface area contributed by atoms with E-state index >= 15 is 0 Å². The maximum Gasteiger partial charge on any atom is 0.303 e. The van der Waals surface area contributed by atoms with Crippen molar-refractivity contribution in [2.24, 2.45) is 5.41 Å². The molecule has 4 rings (SSSR count). The standard InChI is InChI=1S/C21H25N3O5/c25-17(11-21(12-18(26)27)7-3-4-8-21)23-9-10-24-16(13-23)19(28)22-15-6-2-1-5-14(15)20(24)29/h1-2,5-6,16H,3-4,7-13H2,(H,22,28)(H,26,27). The lowest BCUT2D eigenvalue weighted by Crippen LogP contribution is -2.59. The number of carboxylic acid groups (broad SMARTS) is 1. The van der Waals surface area contributed by atoms with E-state index in [1.165, 1.54) is 4.90 Å². The van der Waals surface area contributed by atoms with Gasteiger partial charge in [-0.3, -0.25) is 19.2 Å². The van der Waals surface area contributed by atoms with Crippen molar-refractivity contribution in [1.29, 1.82) is 0 Å². The molecule has 0 spiro atoms. The smallest absolute Gasteiger partial charge is 0.303 e. The molecule has 1 atom stereocenters. The van der Waals surface area contributed by atoms with E-state index in [0.29, 0.717) is 17.8 Å². The van der Waals surface area contributed by atoms with Crippen molar-refractivity contribution in [3.63, 3.8) is 0 Å². The summed E-state index contributed by atoms with van der Waals surface area (Å²) in [6.07, 6.45) is 3.53. The number of hydrogen-bond donors (Lipinski definition) is 2. The quantitative estimate of drug-likeness (QED) is 0.802.